The molecule has 2 N–H and O–H groups in total. The minimum absolute atomic E-state index is 0.0184. The minimum Gasteiger partial charge on any atom is -0.392 e. The average Bonchev–Trinajstić information content (AvgIpc) is 2.38. The number of anilines is 1. The largest absolute Gasteiger partial charge is 0.392 e. The van der Waals surface area contributed by atoms with Gasteiger partial charge in [0.25, 0.3) is 10.0 Å². The Morgan fingerprint density at radius 1 is 1.20 bits per heavy atom. The molecule has 20 heavy (non-hydrogen) atoms. The highest BCUT2D eigenvalue weighted by Gasteiger charge is 2.19. The number of rotatable bonds is 4. The van der Waals surface area contributed by atoms with Crippen LogP contribution >= 0.6 is 27.5 Å². The Bertz CT molecular complexity index is 734. The number of sulfonamides is 1. The molecule has 0 radical (unpaired) electrons. The van der Waals surface area contributed by atoms with E-state index in [1.165, 1.54) is 12.1 Å². The van der Waals surface area contributed by atoms with Crippen molar-refractivity contribution in [3.8, 4) is 0 Å². The smallest absolute Gasteiger partial charge is 0.263 e. The van der Waals surface area contributed by atoms with Gasteiger partial charge in [0.05, 0.1) is 17.3 Å². The van der Waals surface area contributed by atoms with E-state index in [1.807, 2.05) is 0 Å². The zero-order valence-corrected chi connectivity index (χ0v) is 13.3. The molecule has 4 nitrogen and oxygen atoms in total. The van der Waals surface area contributed by atoms with Crippen molar-refractivity contribution in [3.63, 3.8) is 0 Å². The van der Waals surface area contributed by atoms with E-state index < -0.39 is 10.0 Å². The van der Waals surface area contributed by atoms with Gasteiger partial charge in [0.2, 0.25) is 0 Å². The maximum Gasteiger partial charge on any atom is 0.263 e. The lowest BCUT2D eigenvalue weighted by Gasteiger charge is -2.12. The van der Waals surface area contributed by atoms with Gasteiger partial charge in [-0.05, 0) is 24.3 Å². The second-order valence-electron chi connectivity index (χ2n) is 4.00. The molecule has 0 aromatic heterocycles. The summed E-state index contributed by atoms with van der Waals surface area (Å²) in [5.74, 6) is 0. The van der Waals surface area contributed by atoms with Gasteiger partial charge in [-0.2, -0.15) is 0 Å². The van der Waals surface area contributed by atoms with Crippen molar-refractivity contribution in [2.45, 2.75) is 11.5 Å². The highest BCUT2D eigenvalue weighted by molar-refractivity contribution is 9.10. The summed E-state index contributed by atoms with van der Waals surface area (Å²) in [6.07, 6.45) is 0. The Balaban J connectivity index is 2.41. The van der Waals surface area contributed by atoms with E-state index in [1.54, 1.807) is 30.3 Å². The third-order valence-electron chi connectivity index (χ3n) is 2.62. The molecule has 0 fully saturated rings. The normalized spacial score (nSPS) is 11.3. The van der Waals surface area contributed by atoms with Gasteiger partial charge in [0.1, 0.15) is 4.90 Å². The van der Waals surface area contributed by atoms with E-state index in [4.69, 9.17) is 11.6 Å². The summed E-state index contributed by atoms with van der Waals surface area (Å²) in [6.45, 7) is -0.257. The molecular weight excluding hydrogens is 366 g/mol. The molecule has 2 aromatic carbocycles. The number of aliphatic hydroxyl groups excluding tert-OH is 1. The van der Waals surface area contributed by atoms with Crippen LogP contribution in [0.5, 0.6) is 0 Å². The molecule has 0 spiro atoms. The Hall–Kier alpha value is -1.08. The van der Waals surface area contributed by atoms with Gasteiger partial charge in [0.15, 0.2) is 0 Å². The fraction of sp³-hybridized carbons (Fsp3) is 0.0769. The van der Waals surface area contributed by atoms with Crippen LogP contribution in [0.3, 0.4) is 0 Å². The molecule has 0 atom stereocenters. The summed E-state index contributed by atoms with van der Waals surface area (Å²) in [5, 5.41) is 9.33. The highest BCUT2D eigenvalue weighted by atomic mass is 79.9. The number of nitrogens with one attached hydrogen (secondary N) is 1. The Labute approximate surface area is 130 Å². The molecule has 0 saturated carbocycles. The van der Waals surface area contributed by atoms with Crippen LogP contribution in [-0.4, -0.2) is 13.5 Å². The third-order valence-corrected chi connectivity index (χ3v) is 4.96. The molecule has 0 aliphatic heterocycles. The van der Waals surface area contributed by atoms with Gasteiger partial charge in [-0.1, -0.05) is 45.7 Å². The number of hydrogen-bond acceptors (Lipinski definition) is 3. The first-order chi connectivity index (χ1) is 9.44. The van der Waals surface area contributed by atoms with Crippen LogP contribution in [-0.2, 0) is 16.6 Å². The van der Waals surface area contributed by atoms with Crippen molar-refractivity contribution < 1.29 is 13.5 Å². The van der Waals surface area contributed by atoms with E-state index >= 15 is 0 Å². The van der Waals surface area contributed by atoms with Crippen molar-refractivity contribution in [3.05, 3.63) is 57.5 Å². The standard InChI is InChI=1S/C13H11BrClNO3S/c14-10-5-6-13(11(15)7-10)20(18,19)16-12-4-2-1-3-9(12)8-17/h1-7,16-17H,8H2. The second kappa shape index (κ2) is 6.13. The molecule has 0 aliphatic rings. The maximum atomic E-state index is 12.3. The van der Waals surface area contributed by atoms with Gasteiger partial charge >= 0.3 is 0 Å². The molecule has 7 heteroatoms. The summed E-state index contributed by atoms with van der Waals surface area (Å²) in [5.41, 5.74) is 0.818. The highest BCUT2D eigenvalue weighted by Crippen LogP contribution is 2.27. The molecule has 0 unspecified atom stereocenters. The van der Waals surface area contributed by atoms with Gasteiger partial charge in [-0.15, -0.1) is 0 Å². The number of para-hydroxylation sites is 1. The quantitative estimate of drug-likeness (QED) is 0.859. The number of benzene rings is 2. The Morgan fingerprint density at radius 2 is 1.90 bits per heavy atom. The molecule has 2 aromatic rings. The van der Waals surface area contributed by atoms with Crippen molar-refractivity contribution >= 4 is 43.2 Å². The van der Waals surface area contributed by atoms with Crippen molar-refractivity contribution in [1.82, 2.24) is 0 Å². The van der Waals surface area contributed by atoms with Crippen LogP contribution in [0.1, 0.15) is 5.56 Å². The maximum absolute atomic E-state index is 12.3. The predicted molar refractivity (Wildman–Crippen MR) is 82.3 cm³/mol. The molecule has 0 aliphatic carbocycles. The number of halogens is 2. The van der Waals surface area contributed by atoms with Gasteiger partial charge in [-0.3, -0.25) is 4.72 Å². The van der Waals surface area contributed by atoms with Crippen LogP contribution in [0.2, 0.25) is 5.02 Å². The van der Waals surface area contributed by atoms with E-state index in [9.17, 15) is 13.5 Å². The monoisotopic (exact) mass is 375 g/mol. The summed E-state index contributed by atoms with van der Waals surface area (Å²) in [6, 6.07) is 11.1. The van der Waals surface area contributed by atoms with Crippen LogP contribution in [0.15, 0.2) is 51.8 Å². The predicted octanol–water partition coefficient (Wildman–Crippen LogP) is 3.40. The van der Waals surface area contributed by atoms with E-state index in [2.05, 4.69) is 20.7 Å². The van der Waals surface area contributed by atoms with Crippen LogP contribution < -0.4 is 4.72 Å². The van der Waals surface area contributed by atoms with Gasteiger partial charge in [0, 0.05) is 10.0 Å². The fourth-order valence-electron chi connectivity index (χ4n) is 1.65. The first-order valence-corrected chi connectivity index (χ1v) is 8.26. The second-order valence-corrected chi connectivity index (χ2v) is 6.97. The van der Waals surface area contributed by atoms with Crippen molar-refractivity contribution in [1.29, 1.82) is 0 Å². The van der Waals surface area contributed by atoms with E-state index in [0.717, 1.165) is 0 Å². The molecule has 106 valence electrons. The van der Waals surface area contributed by atoms with Crippen LogP contribution in [0.4, 0.5) is 5.69 Å². The van der Waals surface area contributed by atoms with Gasteiger partial charge in [-0.25, -0.2) is 8.42 Å². The summed E-state index contributed by atoms with van der Waals surface area (Å²) >= 11 is 9.18. The first-order valence-electron chi connectivity index (χ1n) is 5.60. The number of hydrogen-bond donors (Lipinski definition) is 2. The molecule has 0 heterocycles. The lowest BCUT2D eigenvalue weighted by atomic mass is 10.2. The molecular formula is C13H11BrClNO3S. The summed E-state index contributed by atoms with van der Waals surface area (Å²) in [4.78, 5) is -0.0184. The summed E-state index contributed by atoms with van der Waals surface area (Å²) < 4.78 is 27.7. The van der Waals surface area contributed by atoms with Crippen molar-refractivity contribution in [2.24, 2.45) is 0 Å². The lowest BCUT2D eigenvalue weighted by Crippen LogP contribution is -2.14. The minimum atomic E-state index is -3.81. The van der Waals surface area contributed by atoms with E-state index in [-0.39, 0.29) is 16.5 Å². The fourth-order valence-corrected chi connectivity index (χ4v) is 3.79. The zero-order valence-electron chi connectivity index (χ0n) is 10.2. The third kappa shape index (κ3) is 3.32. The Kier molecular flexibility index (Phi) is 4.70. The summed E-state index contributed by atoms with van der Waals surface area (Å²) in [7, 11) is -3.81. The molecule has 2 rings (SSSR count). The molecule has 0 amide bonds. The van der Waals surface area contributed by atoms with Crippen LogP contribution in [0.25, 0.3) is 0 Å². The van der Waals surface area contributed by atoms with Gasteiger partial charge < -0.3 is 5.11 Å². The van der Waals surface area contributed by atoms with Crippen molar-refractivity contribution in [2.75, 3.05) is 4.72 Å². The molecule has 0 saturated heterocycles. The Morgan fingerprint density at radius 3 is 2.55 bits per heavy atom. The molecule has 0 bridgehead atoms. The zero-order chi connectivity index (χ0) is 14.8. The first kappa shape index (κ1) is 15.3. The average molecular weight is 377 g/mol. The number of aliphatic hydroxyl groups is 1. The SMILES string of the molecule is O=S(=O)(Nc1ccccc1CO)c1ccc(Br)cc1Cl. The topological polar surface area (TPSA) is 66.4 Å². The van der Waals surface area contributed by atoms with Crippen LogP contribution in [0, 0.1) is 0 Å². The lowest BCUT2D eigenvalue weighted by molar-refractivity contribution is 0.282. The van der Waals surface area contributed by atoms with E-state index in [0.29, 0.717) is 15.7 Å².